The highest BCUT2D eigenvalue weighted by atomic mass is 35.6. The van der Waals surface area contributed by atoms with Gasteiger partial charge >= 0.3 is 0 Å². The molecule has 0 bridgehead atoms. The van der Waals surface area contributed by atoms with Gasteiger partial charge in [-0.2, -0.15) is 0 Å². The molecule has 0 radical (unpaired) electrons. The molecule has 0 heterocycles. The summed E-state index contributed by atoms with van der Waals surface area (Å²) in [5, 5.41) is 0. The molecule has 0 aliphatic rings. The van der Waals surface area contributed by atoms with Crippen LogP contribution in [0.4, 0.5) is 0 Å². The van der Waals surface area contributed by atoms with Crippen LogP contribution < -0.4 is 0 Å². The molecule has 0 aromatic rings. The van der Waals surface area contributed by atoms with Crippen molar-refractivity contribution in [2.24, 2.45) is 9.98 Å². The second-order valence-electron chi connectivity index (χ2n) is 3.39. The zero-order chi connectivity index (χ0) is 10.7. The van der Waals surface area contributed by atoms with Crippen LogP contribution in [0.3, 0.4) is 0 Å². The lowest BCUT2D eigenvalue weighted by Crippen LogP contribution is -2.16. The van der Waals surface area contributed by atoms with Gasteiger partial charge < -0.3 is 0 Å². The minimum Gasteiger partial charge on any atom is -0.220 e. The highest BCUT2D eigenvalue weighted by Crippen LogP contribution is 2.34. The van der Waals surface area contributed by atoms with Crippen molar-refractivity contribution >= 4 is 52.4 Å². The number of rotatable bonds is 1. The van der Waals surface area contributed by atoms with Gasteiger partial charge in [-0.05, 0) is 20.8 Å². The van der Waals surface area contributed by atoms with E-state index in [4.69, 9.17) is 46.4 Å². The number of halogens is 4. The Morgan fingerprint density at radius 1 is 1.15 bits per heavy atom. The number of hydrogen-bond donors (Lipinski definition) is 0. The van der Waals surface area contributed by atoms with Crippen LogP contribution in [0, 0.1) is 0 Å². The van der Waals surface area contributed by atoms with Crippen LogP contribution in [0.25, 0.3) is 0 Å². The van der Waals surface area contributed by atoms with Gasteiger partial charge in [0.1, 0.15) is 0 Å². The zero-order valence-corrected chi connectivity index (χ0v) is 10.5. The third-order valence-electron chi connectivity index (χ3n) is 0.827. The van der Waals surface area contributed by atoms with Gasteiger partial charge in [-0.3, -0.25) is 0 Å². The summed E-state index contributed by atoms with van der Waals surface area (Å²) in [7, 11) is 0. The van der Waals surface area contributed by atoms with E-state index < -0.39 is 9.29 Å². The first kappa shape index (κ1) is 13.5. The normalized spacial score (nSPS) is 14.7. The molecular formula is C7H10Cl4N2. The summed E-state index contributed by atoms with van der Waals surface area (Å²) in [6.07, 6.45) is 0. The Hall–Kier alpha value is 0.540. The molecule has 2 nitrogen and oxygen atoms in total. The Bertz CT molecular complexity index is 220. The summed E-state index contributed by atoms with van der Waals surface area (Å²) in [6, 6.07) is 2.40. The Kier molecular flexibility index (Phi) is 5.06. The highest BCUT2D eigenvalue weighted by molar-refractivity contribution is 6.70. The van der Waals surface area contributed by atoms with Gasteiger partial charge in [0.05, 0.1) is 11.5 Å². The van der Waals surface area contributed by atoms with E-state index in [1.165, 1.54) is 0 Å². The molecule has 6 heteroatoms. The number of hydrogen-bond acceptors (Lipinski definition) is 2. The second-order valence-corrected chi connectivity index (χ2v) is 6.17. The van der Waals surface area contributed by atoms with Crippen molar-refractivity contribution in [1.29, 1.82) is 0 Å². The van der Waals surface area contributed by atoms with Crippen molar-refractivity contribution in [2.75, 3.05) is 0 Å². The summed E-state index contributed by atoms with van der Waals surface area (Å²) in [6.45, 7) is 5.69. The summed E-state index contributed by atoms with van der Waals surface area (Å²) in [4.78, 5) is 7.57. The molecule has 76 valence electrons. The molecule has 0 saturated heterocycles. The van der Waals surface area contributed by atoms with Gasteiger partial charge in [0, 0.05) is 0 Å². The zero-order valence-electron chi connectivity index (χ0n) is 7.48. The first-order valence-electron chi connectivity index (χ1n) is 3.50. The van der Waals surface area contributed by atoms with Crippen LogP contribution in [0.5, 0.6) is 0 Å². The topological polar surface area (TPSA) is 24.7 Å². The molecule has 0 aliphatic heterocycles. The van der Waals surface area contributed by atoms with Crippen molar-refractivity contribution in [3.63, 3.8) is 0 Å². The van der Waals surface area contributed by atoms with Gasteiger partial charge in [0.25, 0.3) is 0 Å². The molecule has 0 aliphatic carbocycles. The maximum absolute atomic E-state index is 5.60. The first-order valence-corrected chi connectivity index (χ1v) is 5.07. The molecule has 0 saturated carbocycles. The molecule has 0 N–H and O–H groups in total. The largest absolute Gasteiger partial charge is 0.227 e. The minimum absolute atomic E-state index is 0.256. The van der Waals surface area contributed by atoms with Gasteiger partial charge in [-0.25, -0.2) is 9.98 Å². The lowest BCUT2D eigenvalue weighted by atomic mass is 10.1. The van der Waals surface area contributed by atoms with Crippen molar-refractivity contribution in [3.05, 3.63) is 0 Å². The van der Waals surface area contributed by atoms with E-state index in [-0.39, 0.29) is 5.54 Å². The van der Waals surface area contributed by atoms with Gasteiger partial charge in [0.15, 0.2) is 5.50 Å². The molecule has 0 fully saturated rings. The smallest absolute Gasteiger partial charge is 0.220 e. The Balaban J connectivity index is 4.37. The standard InChI is InChI=1S/C7H10Cl4N2/c1-6(2,3)13-4-12-5(8)7(9,10)11/h5H,1-3H3. The molecule has 0 amide bonds. The molecule has 1 unspecified atom stereocenters. The third-order valence-corrected chi connectivity index (χ3v) is 2.21. The Morgan fingerprint density at radius 3 is 1.92 bits per heavy atom. The number of aliphatic imine (C=N–C) groups is 2. The summed E-state index contributed by atoms with van der Waals surface area (Å²) >= 11 is 22.0. The quantitative estimate of drug-likeness (QED) is 0.390. The van der Waals surface area contributed by atoms with Crippen LogP contribution >= 0.6 is 46.4 Å². The second kappa shape index (κ2) is 4.86. The van der Waals surface area contributed by atoms with Crippen LogP contribution in [-0.2, 0) is 0 Å². The average Bonchev–Trinajstić information content (AvgIpc) is 1.82. The van der Waals surface area contributed by atoms with Crippen LogP contribution in [0.2, 0.25) is 0 Å². The van der Waals surface area contributed by atoms with E-state index in [0.29, 0.717) is 0 Å². The third kappa shape index (κ3) is 7.60. The van der Waals surface area contributed by atoms with E-state index in [1.807, 2.05) is 20.8 Å². The fourth-order valence-electron chi connectivity index (χ4n) is 0.303. The highest BCUT2D eigenvalue weighted by Gasteiger charge is 2.30. The lowest BCUT2D eigenvalue weighted by Gasteiger charge is -2.12. The van der Waals surface area contributed by atoms with Crippen molar-refractivity contribution in [1.82, 2.24) is 0 Å². The summed E-state index contributed by atoms with van der Waals surface area (Å²) in [5.74, 6) is 0. The van der Waals surface area contributed by atoms with E-state index in [2.05, 4.69) is 16.0 Å². The molecular weight excluding hydrogens is 254 g/mol. The first-order chi connectivity index (χ1) is 5.63. The molecule has 0 rings (SSSR count). The monoisotopic (exact) mass is 262 g/mol. The van der Waals surface area contributed by atoms with Crippen LogP contribution in [0.15, 0.2) is 9.98 Å². The van der Waals surface area contributed by atoms with Crippen LogP contribution in [0.1, 0.15) is 20.8 Å². The van der Waals surface area contributed by atoms with Crippen molar-refractivity contribution in [3.8, 4) is 0 Å². The number of nitrogens with zero attached hydrogens (tertiary/aromatic N) is 2. The predicted octanol–water partition coefficient (Wildman–Crippen LogP) is 3.89. The molecule has 0 aromatic carbocycles. The van der Waals surface area contributed by atoms with Gasteiger partial charge in [0.2, 0.25) is 3.79 Å². The minimum atomic E-state index is -1.62. The van der Waals surface area contributed by atoms with Crippen molar-refractivity contribution in [2.45, 2.75) is 35.6 Å². The van der Waals surface area contributed by atoms with E-state index in [9.17, 15) is 0 Å². The predicted molar refractivity (Wildman–Crippen MR) is 59.5 cm³/mol. The van der Waals surface area contributed by atoms with Crippen molar-refractivity contribution < 1.29 is 0 Å². The molecule has 0 aromatic heterocycles. The Morgan fingerprint density at radius 2 is 1.62 bits per heavy atom. The van der Waals surface area contributed by atoms with Gasteiger partial charge in [-0.1, -0.05) is 46.4 Å². The van der Waals surface area contributed by atoms with E-state index in [1.54, 1.807) is 0 Å². The van der Waals surface area contributed by atoms with E-state index in [0.717, 1.165) is 0 Å². The molecule has 1 atom stereocenters. The lowest BCUT2D eigenvalue weighted by molar-refractivity contribution is 0.586. The fraction of sp³-hybridized carbons (Fsp3) is 0.857. The van der Waals surface area contributed by atoms with E-state index >= 15 is 0 Å². The average molecular weight is 264 g/mol. The summed E-state index contributed by atoms with van der Waals surface area (Å²) in [5.41, 5.74) is -1.23. The molecule has 0 spiro atoms. The fourth-order valence-corrected chi connectivity index (χ4v) is 0.493. The van der Waals surface area contributed by atoms with Crippen LogP contribution in [-0.4, -0.2) is 20.8 Å². The van der Waals surface area contributed by atoms with Gasteiger partial charge in [-0.15, -0.1) is 0 Å². The Labute approximate surface area is 97.9 Å². The SMILES string of the molecule is CC(C)(C)N=C=NC(Cl)C(Cl)(Cl)Cl. The maximum atomic E-state index is 5.60. The number of alkyl halides is 4. The molecule has 13 heavy (non-hydrogen) atoms. The maximum Gasteiger partial charge on any atom is 0.227 e. The summed E-state index contributed by atoms with van der Waals surface area (Å²) < 4.78 is -1.62.